The maximum Gasteiger partial charge on any atom is 0.280 e. The van der Waals surface area contributed by atoms with E-state index in [9.17, 15) is 4.79 Å². The second-order valence-corrected chi connectivity index (χ2v) is 8.47. The fraction of sp³-hybridized carbons (Fsp3) is 0. The van der Waals surface area contributed by atoms with Crippen molar-refractivity contribution in [2.75, 3.05) is 0 Å². The van der Waals surface area contributed by atoms with Crippen LogP contribution >= 0.6 is 15.9 Å². The van der Waals surface area contributed by atoms with Gasteiger partial charge in [0.15, 0.2) is 0 Å². The van der Waals surface area contributed by atoms with Gasteiger partial charge in [0.1, 0.15) is 5.52 Å². The van der Waals surface area contributed by atoms with Crippen LogP contribution in [0.25, 0.3) is 44.3 Å². The standard InChI is InChI=1S/C27H17BrN2O/c28-19-15-16-21-24(17-19)30-23-14-8-7-13-22(23)29(20-11-5-2-6-12-20)27(31)26(30)25(21)18-9-3-1-4-10-18/h1-17H. The van der Waals surface area contributed by atoms with Crippen LogP contribution in [0.2, 0.25) is 0 Å². The Labute approximate surface area is 186 Å². The predicted molar refractivity (Wildman–Crippen MR) is 131 cm³/mol. The van der Waals surface area contributed by atoms with Crippen LogP contribution in [-0.4, -0.2) is 8.97 Å². The molecule has 3 nitrogen and oxygen atoms in total. The number of halogens is 1. The highest BCUT2D eigenvalue weighted by Crippen LogP contribution is 2.37. The quantitative estimate of drug-likeness (QED) is 0.276. The molecular weight excluding hydrogens is 448 g/mol. The second-order valence-electron chi connectivity index (χ2n) is 7.55. The van der Waals surface area contributed by atoms with E-state index in [0.717, 1.165) is 43.2 Å². The summed E-state index contributed by atoms with van der Waals surface area (Å²) >= 11 is 3.62. The Morgan fingerprint density at radius 2 is 1.29 bits per heavy atom. The van der Waals surface area contributed by atoms with Gasteiger partial charge in [0.2, 0.25) is 0 Å². The third kappa shape index (κ3) is 2.69. The number of benzene rings is 4. The van der Waals surface area contributed by atoms with Gasteiger partial charge in [-0.05, 0) is 42.0 Å². The molecule has 0 bridgehead atoms. The average Bonchev–Trinajstić information content (AvgIpc) is 3.15. The van der Waals surface area contributed by atoms with E-state index in [0.29, 0.717) is 5.52 Å². The van der Waals surface area contributed by atoms with Crippen molar-refractivity contribution in [2.45, 2.75) is 0 Å². The minimum absolute atomic E-state index is 0.0314. The highest BCUT2D eigenvalue weighted by molar-refractivity contribution is 9.10. The number of para-hydroxylation sites is 3. The number of rotatable bonds is 2. The van der Waals surface area contributed by atoms with Crippen molar-refractivity contribution in [1.82, 2.24) is 8.97 Å². The summed E-state index contributed by atoms with van der Waals surface area (Å²) in [6.07, 6.45) is 0. The fourth-order valence-corrected chi connectivity index (χ4v) is 4.85. The summed E-state index contributed by atoms with van der Waals surface area (Å²) in [5.74, 6) is 0. The monoisotopic (exact) mass is 464 g/mol. The van der Waals surface area contributed by atoms with E-state index in [1.165, 1.54) is 0 Å². The smallest absolute Gasteiger partial charge is 0.280 e. The van der Waals surface area contributed by atoms with E-state index in [4.69, 9.17) is 0 Å². The highest BCUT2D eigenvalue weighted by atomic mass is 79.9. The van der Waals surface area contributed by atoms with E-state index in [-0.39, 0.29) is 5.56 Å². The summed E-state index contributed by atoms with van der Waals surface area (Å²) in [4.78, 5) is 14.1. The van der Waals surface area contributed by atoms with Crippen LogP contribution < -0.4 is 5.56 Å². The molecule has 0 amide bonds. The van der Waals surface area contributed by atoms with E-state index in [1.807, 2.05) is 77.4 Å². The molecule has 31 heavy (non-hydrogen) atoms. The molecule has 2 heterocycles. The Morgan fingerprint density at radius 1 is 0.645 bits per heavy atom. The summed E-state index contributed by atoms with van der Waals surface area (Å²) in [5.41, 5.74) is 6.38. The Kier molecular flexibility index (Phi) is 4.08. The molecule has 0 aliphatic carbocycles. The van der Waals surface area contributed by atoms with Gasteiger partial charge in [-0.3, -0.25) is 9.36 Å². The van der Waals surface area contributed by atoms with Crippen LogP contribution in [0.1, 0.15) is 0 Å². The summed E-state index contributed by atoms with van der Waals surface area (Å²) in [5, 5.41) is 1.06. The molecule has 0 atom stereocenters. The molecular formula is C27H17BrN2O. The van der Waals surface area contributed by atoms with Crippen molar-refractivity contribution >= 4 is 43.4 Å². The molecule has 0 saturated heterocycles. The van der Waals surface area contributed by atoms with Gasteiger partial charge in [0, 0.05) is 21.1 Å². The van der Waals surface area contributed by atoms with Crippen molar-refractivity contribution in [1.29, 1.82) is 0 Å². The van der Waals surface area contributed by atoms with Crippen LogP contribution in [0.3, 0.4) is 0 Å². The molecule has 4 heteroatoms. The van der Waals surface area contributed by atoms with E-state index in [2.05, 4.69) is 50.7 Å². The van der Waals surface area contributed by atoms with Crippen LogP contribution in [0.5, 0.6) is 0 Å². The van der Waals surface area contributed by atoms with Crippen LogP contribution in [0.15, 0.2) is 112 Å². The normalized spacial score (nSPS) is 11.5. The number of hydrogen-bond donors (Lipinski definition) is 0. The minimum atomic E-state index is -0.0314. The van der Waals surface area contributed by atoms with Crippen molar-refractivity contribution in [3.05, 3.63) is 118 Å². The average molecular weight is 465 g/mol. The van der Waals surface area contributed by atoms with E-state index in [1.54, 1.807) is 0 Å². The lowest BCUT2D eigenvalue weighted by Gasteiger charge is -2.13. The van der Waals surface area contributed by atoms with Gasteiger partial charge in [-0.2, -0.15) is 0 Å². The molecule has 148 valence electrons. The lowest BCUT2D eigenvalue weighted by atomic mass is 10.0. The molecule has 6 aromatic rings. The first kappa shape index (κ1) is 18.2. The van der Waals surface area contributed by atoms with Gasteiger partial charge in [0.05, 0.1) is 16.6 Å². The number of hydrogen-bond acceptors (Lipinski definition) is 1. The molecule has 0 aliphatic heterocycles. The highest BCUT2D eigenvalue weighted by Gasteiger charge is 2.21. The number of nitrogens with zero attached hydrogens (tertiary/aromatic N) is 2. The van der Waals surface area contributed by atoms with Gasteiger partial charge in [0.25, 0.3) is 5.56 Å². The SMILES string of the molecule is O=c1c2c(-c3ccccc3)c3ccc(Br)cc3n2c2ccccc2n1-c1ccccc1. The topological polar surface area (TPSA) is 26.4 Å². The molecule has 0 spiro atoms. The zero-order valence-electron chi connectivity index (χ0n) is 16.5. The third-order valence-electron chi connectivity index (χ3n) is 5.78. The summed E-state index contributed by atoms with van der Waals surface area (Å²) in [6, 6.07) is 34.3. The maximum absolute atomic E-state index is 14.1. The van der Waals surface area contributed by atoms with Crippen molar-refractivity contribution in [3.63, 3.8) is 0 Å². The zero-order chi connectivity index (χ0) is 20.9. The molecule has 0 fully saturated rings. The molecule has 0 radical (unpaired) electrons. The molecule has 0 N–H and O–H groups in total. The number of aromatic nitrogens is 2. The summed E-state index contributed by atoms with van der Waals surface area (Å²) in [6.45, 7) is 0. The van der Waals surface area contributed by atoms with Gasteiger partial charge in [-0.25, -0.2) is 0 Å². The molecule has 0 saturated carbocycles. The first-order chi connectivity index (χ1) is 15.2. The Balaban J connectivity index is 1.94. The van der Waals surface area contributed by atoms with E-state index < -0.39 is 0 Å². The largest absolute Gasteiger partial charge is 0.302 e. The zero-order valence-corrected chi connectivity index (χ0v) is 18.1. The third-order valence-corrected chi connectivity index (χ3v) is 6.27. The molecule has 4 aromatic carbocycles. The van der Waals surface area contributed by atoms with Gasteiger partial charge < -0.3 is 4.40 Å². The molecule has 0 aliphatic rings. The van der Waals surface area contributed by atoms with Crippen molar-refractivity contribution in [3.8, 4) is 16.8 Å². The maximum atomic E-state index is 14.1. The lowest BCUT2D eigenvalue weighted by Crippen LogP contribution is -2.21. The Morgan fingerprint density at radius 3 is 2.03 bits per heavy atom. The first-order valence-electron chi connectivity index (χ1n) is 10.1. The summed E-state index contributed by atoms with van der Waals surface area (Å²) in [7, 11) is 0. The van der Waals surface area contributed by atoms with Crippen LogP contribution in [-0.2, 0) is 0 Å². The van der Waals surface area contributed by atoms with Crippen molar-refractivity contribution in [2.24, 2.45) is 0 Å². The van der Waals surface area contributed by atoms with E-state index >= 15 is 0 Å². The summed E-state index contributed by atoms with van der Waals surface area (Å²) < 4.78 is 4.92. The second kappa shape index (κ2) is 6.96. The fourth-order valence-electron chi connectivity index (χ4n) is 4.50. The Hall–Kier alpha value is -3.63. The predicted octanol–water partition coefficient (Wildman–Crippen LogP) is 6.83. The number of fused-ring (bicyclic) bond motifs is 5. The van der Waals surface area contributed by atoms with Crippen molar-refractivity contribution < 1.29 is 0 Å². The van der Waals surface area contributed by atoms with Crippen LogP contribution in [0.4, 0.5) is 0 Å². The first-order valence-corrected chi connectivity index (χ1v) is 10.9. The Bertz CT molecular complexity index is 1650. The molecule has 2 aromatic heterocycles. The van der Waals surface area contributed by atoms with Gasteiger partial charge >= 0.3 is 0 Å². The lowest BCUT2D eigenvalue weighted by molar-refractivity contribution is 1.03. The van der Waals surface area contributed by atoms with Gasteiger partial charge in [-0.1, -0.05) is 82.7 Å². The van der Waals surface area contributed by atoms with Gasteiger partial charge in [-0.15, -0.1) is 0 Å². The van der Waals surface area contributed by atoms with Crippen LogP contribution in [0, 0.1) is 0 Å². The molecule has 0 unspecified atom stereocenters. The minimum Gasteiger partial charge on any atom is -0.302 e. The molecule has 6 rings (SSSR count).